The van der Waals surface area contributed by atoms with Gasteiger partial charge in [-0.2, -0.15) is 0 Å². The maximum absolute atomic E-state index is 12.9. The molecule has 1 N–H and O–H groups in total. The minimum Gasteiger partial charge on any atom is -0.333 e. The third kappa shape index (κ3) is 2.82. The summed E-state index contributed by atoms with van der Waals surface area (Å²) in [6.07, 6.45) is 5.05. The smallest absolute Gasteiger partial charge is 0.261 e. The van der Waals surface area contributed by atoms with Gasteiger partial charge in [0.2, 0.25) is 0 Å². The van der Waals surface area contributed by atoms with Gasteiger partial charge < -0.3 is 10.2 Å². The maximum atomic E-state index is 12.9. The number of nitrogens with zero attached hydrogens (tertiary/aromatic N) is 2. The lowest BCUT2D eigenvalue weighted by molar-refractivity contribution is 0.0548. The molecule has 0 aromatic heterocycles. The van der Waals surface area contributed by atoms with Crippen LogP contribution in [0, 0.1) is 0 Å². The molecule has 1 aromatic rings. The number of benzene rings is 1. The van der Waals surface area contributed by atoms with Gasteiger partial charge in [-0.25, -0.2) is 0 Å². The fourth-order valence-electron chi connectivity index (χ4n) is 4.37. The van der Waals surface area contributed by atoms with Gasteiger partial charge in [0.25, 0.3) is 17.7 Å². The molecule has 0 bridgehead atoms. The Morgan fingerprint density at radius 3 is 2.54 bits per heavy atom. The largest absolute Gasteiger partial charge is 0.333 e. The highest BCUT2D eigenvalue weighted by Gasteiger charge is 2.40. The van der Waals surface area contributed by atoms with E-state index in [9.17, 15) is 14.4 Å². The summed E-state index contributed by atoms with van der Waals surface area (Å²) >= 11 is 0. The minimum absolute atomic E-state index is 0.00323. The van der Waals surface area contributed by atoms with Crippen LogP contribution in [0.5, 0.6) is 0 Å². The molecule has 1 aromatic carbocycles. The summed E-state index contributed by atoms with van der Waals surface area (Å²) in [7, 11) is 0. The first-order valence-corrected chi connectivity index (χ1v) is 9.61. The number of amides is 3. The first-order valence-electron chi connectivity index (χ1n) is 9.61. The summed E-state index contributed by atoms with van der Waals surface area (Å²) in [6, 6.07) is 5.07. The van der Waals surface area contributed by atoms with Crippen molar-refractivity contribution in [1.29, 1.82) is 0 Å². The van der Waals surface area contributed by atoms with Crippen LogP contribution < -0.4 is 5.32 Å². The Bertz CT molecular complexity index is 755. The fourth-order valence-corrected chi connectivity index (χ4v) is 4.37. The van der Waals surface area contributed by atoms with E-state index < -0.39 is 0 Å². The van der Waals surface area contributed by atoms with Crippen molar-refractivity contribution in [2.24, 2.45) is 0 Å². The molecule has 26 heavy (non-hydrogen) atoms. The molecule has 3 amide bonds. The highest BCUT2D eigenvalue weighted by atomic mass is 16.2. The number of rotatable bonds is 2. The van der Waals surface area contributed by atoms with Crippen LogP contribution in [0.3, 0.4) is 0 Å². The number of hydrogen-bond donors (Lipinski definition) is 1. The van der Waals surface area contributed by atoms with Gasteiger partial charge in [-0.15, -0.1) is 0 Å². The summed E-state index contributed by atoms with van der Waals surface area (Å²) in [5.41, 5.74) is 1.31. The zero-order valence-corrected chi connectivity index (χ0v) is 15.2. The fraction of sp³-hybridized carbons (Fsp3) is 0.550. The molecule has 0 unspecified atom stereocenters. The van der Waals surface area contributed by atoms with Crippen LogP contribution in [-0.2, 0) is 0 Å². The van der Waals surface area contributed by atoms with E-state index in [1.165, 1.54) is 11.3 Å². The molecule has 1 atom stereocenters. The van der Waals surface area contributed by atoms with E-state index in [0.29, 0.717) is 23.2 Å². The minimum atomic E-state index is -0.236. The number of carbonyl (C=O) groups is 3. The SMILES string of the molecule is C[C@H]1CNCCN1C(=O)c1ccc2c(c1)C(=O)N(C1CCCCC1)C2=O. The molecule has 2 aliphatic heterocycles. The molecular weight excluding hydrogens is 330 g/mol. The normalized spacial score (nSPS) is 24.1. The van der Waals surface area contributed by atoms with Gasteiger partial charge in [0.05, 0.1) is 11.1 Å². The second kappa shape index (κ2) is 6.83. The van der Waals surface area contributed by atoms with Crippen molar-refractivity contribution in [2.45, 2.75) is 51.1 Å². The Balaban J connectivity index is 1.60. The number of hydrogen-bond acceptors (Lipinski definition) is 4. The van der Waals surface area contributed by atoms with Gasteiger partial charge in [0.1, 0.15) is 0 Å². The number of nitrogens with one attached hydrogen (secondary N) is 1. The van der Waals surface area contributed by atoms with Gasteiger partial charge in [0, 0.05) is 37.3 Å². The van der Waals surface area contributed by atoms with Crippen molar-refractivity contribution in [3.05, 3.63) is 34.9 Å². The molecule has 1 saturated carbocycles. The van der Waals surface area contributed by atoms with Crippen molar-refractivity contribution < 1.29 is 14.4 Å². The number of carbonyl (C=O) groups excluding carboxylic acids is 3. The second-order valence-corrected chi connectivity index (χ2v) is 7.58. The van der Waals surface area contributed by atoms with E-state index in [1.807, 2.05) is 11.8 Å². The third-order valence-electron chi connectivity index (χ3n) is 5.87. The quantitative estimate of drug-likeness (QED) is 0.825. The second-order valence-electron chi connectivity index (χ2n) is 7.58. The van der Waals surface area contributed by atoms with Gasteiger partial charge in [-0.05, 0) is 38.0 Å². The van der Waals surface area contributed by atoms with Crippen molar-refractivity contribution in [3.63, 3.8) is 0 Å². The molecule has 1 saturated heterocycles. The van der Waals surface area contributed by atoms with E-state index in [2.05, 4.69) is 5.32 Å². The van der Waals surface area contributed by atoms with Crippen molar-refractivity contribution in [1.82, 2.24) is 15.1 Å². The lowest BCUT2D eigenvalue weighted by Gasteiger charge is -2.34. The molecule has 6 nitrogen and oxygen atoms in total. The van der Waals surface area contributed by atoms with Crippen LogP contribution in [0.15, 0.2) is 18.2 Å². The maximum Gasteiger partial charge on any atom is 0.261 e. The lowest BCUT2D eigenvalue weighted by atomic mass is 9.94. The Hall–Kier alpha value is -2.21. The highest BCUT2D eigenvalue weighted by molar-refractivity contribution is 6.22. The number of piperazine rings is 1. The van der Waals surface area contributed by atoms with E-state index in [4.69, 9.17) is 0 Å². The zero-order chi connectivity index (χ0) is 18.3. The van der Waals surface area contributed by atoms with Gasteiger partial charge in [-0.3, -0.25) is 19.3 Å². The first-order chi connectivity index (χ1) is 12.6. The monoisotopic (exact) mass is 355 g/mol. The van der Waals surface area contributed by atoms with Crippen molar-refractivity contribution >= 4 is 17.7 Å². The van der Waals surface area contributed by atoms with E-state index >= 15 is 0 Å². The molecule has 2 fully saturated rings. The first kappa shape index (κ1) is 17.2. The summed E-state index contributed by atoms with van der Waals surface area (Å²) in [5, 5.41) is 3.27. The average molecular weight is 355 g/mol. The average Bonchev–Trinajstić information content (AvgIpc) is 2.92. The zero-order valence-electron chi connectivity index (χ0n) is 15.2. The van der Waals surface area contributed by atoms with Crippen LogP contribution >= 0.6 is 0 Å². The Morgan fingerprint density at radius 1 is 1.08 bits per heavy atom. The summed E-state index contributed by atoms with van der Waals surface area (Å²) in [6.45, 7) is 4.20. The third-order valence-corrected chi connectivity index (χ3v) is 5.87. The van der Waals surface area contributed by atoms with Gasteiger partial charge in [-0.1, -0.05) is 19.3 Å². The Kier molecular flexibility index (Phi) is 4.53. The van der Waals surface area contributed by atoms with E-state index in [0.717, 1.165) is 38.8 Å². The predicted octanol–water partition coefficient (Wildman–Crippen LogP) is 2.05. The Labute approximate surface area is 153 Å². The predicted molar refractivity (Wildman–Crippen MR) is 97.2 cm³/mol. The highest BCUT2D eigenvalue weighted by Crippen LogP contribution is 2.31. The molecule has 2 heterocycles. The van der Waals surface area contributed by atoms with E-state index in [1.54, 1.807) is 18.2 Å². The van der Waals surface area contributed by atoms with Crippen LogP contribution in [0.25, 0.3) is 0 Å². The molecule has 3 aliphatic rings. The molecule has 4 rings (SSSR count). The van der Waals surface area contributed by atoms with Crippen molar-refractivity contribution in [3.8, 4) is 0 Å². The standard InChI is InChI=1S/C20H25N3O3/c1-13-12-21-9-10-22(13)18(24)14-7-8-16-17(11-14)20(26)23(19(16)25)15-5-3-2-4-6-15/h7-8,11,13,15,21H,2-6,9-10,12H2,1H3/t13-/m0/s1. The summed E-state index contributed by atoms with van der Waals surface area (Å²) < 4.78 is 0. The molecule has 0 radical (unpaired) electrons. The van der Waals surface area contributed by atoms with Crippen LogP contribution in [0.4, 0.5) is 0 Å². The molecule has 138 valence electrons. The van der Waals surface area contributed by atoms with E-state index in [-0.39, 0.29) is 29.8 Å². The van der Waals surface area contributed by atoms with Crippen LogP contribution in [0.2, 0.25) is 0 Å². The van der Waals surface area contributed by atoms with Crippen LogP contribution in [-0.4, -0.2) is 59.2 Å². The number of imide groups is 1. The number of fused-ring (bicyclic) bond motifs is 1. The summed E-state index contributed by atoms with van der Waals surface area (Å²) in [4.78, 5) is 41.8. The topological polar surface area (TPSA) is 69.7 Å². The summed E-state index contributed by atoms with van der Waals surface area (Å²) in [5.74, 6) is -0.510. The van der Waals surface area contributed by atoms with Crippen molar-refractivity contribution in [2.75, 3.05) is 19.6 Å². The Morgan fingerprint density at radius 2 is 1.81 bits per heavy atom. The van der Waals surface area contributed by atoms with Crippen LogP contribution in [0.1, 0.15) is 70.1 Å². The molecule has 1 aliphatic carbocycles. The molecule has 0 spiro atoms. The molecular formula is C20H25N3O3. The van der Waals surface area contributed by atoms with Gasteiger partial charge in [0.15, 0.2) is 0 Å². The lowest BCUT2D eigenvalue weighted by Crippen LogP contribution is -2.52. The molecule has 6 heteroatoms. The van der Waals surface area contributed by atoms with Gasteiger partial charge >= 0.3 is 0 Å².